The van der Waals surface area contributed by atoms with Gasteiger partial charge >= 0.3 is 0 Å². The van der Waals surface area contributed by atoms with Gasteiger partial charge in [-0.3, -0.25) is 0 Å². The predicted molar refractivity (Wildman–Crippen MR) is 186 cm³/mol. The maximum atomic E-state index is 13.9. The number of para-hydroxylation sites is 1. The lowest BCUT2D eigenvalue weighted by molar-refractivity contribution is 0.274. The highest BCUT2D eigenvalue weighted by molar-refractivity contribution is 7.90. The van der Waals surface area contributed by atoms with Gasteiger partial charge in [-0.15, -0.1) is 0 Å². The molecule has 3 N–H and O–H groups in total. The summed E-state index contributed by atoms with van der Waals surface area (Å²) in [4.78, 5) is 12.2. The smallest absolute Gasteiger partial charge is 0.269 e. The van der Waals surface area contributed by atoms with E-state index in [9.17, 15) is 8.42 Å². The average Bonchev–Trinajstić information content (AvgIpc) is 3.63. The van der Waals surface area contributed by atoms with Crippen molar-refractivity contribution >= 4 is 37.9 Å². The van der Waals surface area contributed by atoms with Crippen LogP contribution in [-0.2, 0) is 17.1 Å². The van der Waals surface area contributed by atoms with Gasteiger partial charge in [0.25, 0.3) is 10.0 Å². The van der Waals surface area contributed by atoms with E-state index in [2.05, 4.69) is 76.8 Å². The van der Waals surface area contributed by atoms with Gasteiger partial charge in [-0.2, -0.15) is 4.98 Å². The third kappa shape index (κ3) is 5.75. The molecule has 10 nitrogen and oxygen atoms in total. The van der Waals surface area contributed by atoms with Gasteiger partial charge in [0.15, 0.2) is 5.65 Å². The highest BCUT2D eigenvalue weighted by Crippen LogP contribution is 2.36. The topological polar surface area (TPSA) is 109 Å². The Hall–Kier alpha value is -4.29. The number of nitrogens with one attached hydrogen (secondary N) is 3. The van der Waals surface area contributed by atoms with Gasteiger partial charge < -0.3 is 25.4 Å². The molecule has 2 unspecified atom stereocenters. The van der Waals surface area contributed by atoms with E-state index in [-0.39, 0.29) is 16.5 Å². The predicted octanol–water partition coefficient (Wildman–Crippen LogP) is 4.89. The minimum Gasteiger partial charge on any atom is -0.350 e. The van der Waals surface area contributed by atoms with E-state index >= 15 is 0 Å². The summed E-state index contributed by atoms with van der Waals surface area (Å²) in [6.07, 6.45) is 10.9. The zero-order valence-electron chi connectivity index (χ0n) is 27.2. The van der Waals surface area contributed by atoms with Crippen molar-refractivity contribution in [1.82, 2.24) is 34.0 Å². The molecule has 3 heterocycles. The molecule has 5 aromatic rings. The summed E-state index contributed by atoms with van der Waals surface area (Å²) in [5, 5.41) is 12.3. The summed E-state index contributed by atoms with van der Waals surface area (Å²) in [5.74, 6) is 0.310. The van der Waals surface area contributed by atoms with E-state index in [4.69, 9.17) is 9.97 Å². The Bertz CT molecular complexity index is 2060. The first-order valence-electron chi connectivity index (χ1n) is 15.6. The van der Waals surface area contributed by atoms with Crippen LogP contribution in [0.1, 0.15) is 18.9 Å². The molecular weight excluding hydrogens is 597 g/mol. The van der Waals surface area contributed by atoms with Crippen LogP contribution in [0.5, 0.6) is 0 Å². The van der Waals surface area contributed by atoms with Gasteiger partial charge in [0, 0.05) is 53.0 Å². The molecule has 46 heavy (non-hydrogen) atoms. The molecule has 1 aliphatic carbocycles. The first-order chi connectivity index (χ1) is 22.1. The van der Waals surface area contributed by atoms with Crippen molar-refractivity contribution in [3.8, 4) is 11.3 Å². The molecule has 6 rings (SSSR count). The van der Waals surface area contributed by atoms with Crippen LogP contribution in [0.25, 0.3) is 33.2 Å². The van der Waals surface area contributed by atoms with Crippen LogP contribution in [0, 0.1) is 6.92 Å². The third-order valence-electron chi connectivity index (χ3n) is 8.75. The number of hydrogen-bond acceptors (Lipinski definition) is 8. The fraction of sp³-hybridized carbons (Fsp3) is 0.314. The van der Waals surface area contributed by atoms with Crippen molar-refractivity contribution in [2.24, 2.45) is 7.05 Å². The van der Waals surface area contributed by atoms with Crippen LogP contribution in [0.2, 0.25) is 0 Å². The number of aromatic nitrogens is 4. The Balaban J connectivity index is 1.48. The largest absolute Gasteiger partial charge is 0.350 e. The molecule has 2 aromatic carbocycles. The highest BCUT2D eigenvalue weighted by Gasteiger charge is 2.36. The van der Waals surface area contributed by atoms with Gasteiger partial charge in [-0.1, -0.05) is 48.9 Å². The second kappa shape index (κ2) is 12.5. The molecule has 0 aliphatic heterocycles. The second-order valence-corrected chi connectivity index (χ2v) is 14.0. The van der Waals surface area contributed by atoms with Gasteiger partial charge in [-0.05, 0) is 84.0 Å². The molecule has 240 valence electrons. The SMILES string of the molecule is CCNC1(CCN(C)C)C=CC(Nc2nc(-c3cn(C)c4ccccc34)c3ccn(S(=O)(=O)c4ccc(C)cc4)c3n2)=CC1NC. The molecule has 0 bridgehead atoms. The van der Waals surface area contributed by atoms with Crippen LogP contribution in [0.15, 0.2) is 95.8 Å². The summed E-state index contributed by atoms with van der Waals surface area (Å²) >= 11 is 0. The first-order valence-corrected chi connectivity index (χ1v) is 17.0. The Labute approximate surface area is 270 Å². The molecule has 1 aliphatic rings. The Morgan fingerprint density at radius 3 is 2.50 bits per heavy atom. The number of anilines is 1. The Kier molecular flexibility index (Phi) is 8.60. The number of likely N-dealkylation sites (N-methyl/N-ethyl adjacent to an activating group) is 2. The lowest BCUT2D eigenvalue weighted by atomic mass is 9.82. The van der Waals surface area contributed by atoms with E-state index in [0.29, 0.717) is 22.7 Å². The summed E-state index contributed by atoms with van der Waals surface area (Å²) in [7, 11) is 4.20. The Morgan fingerprint density at radius 2 is 1.78 bits per heavy atom. The van der Waals surface area contributed by atoms with Gasteiger partial charge in [-0.25, -0.2) is 17.4 Å². The van der Waals surface area contributed by atoms with Gasteiger partial charge in [0.2, 0.25) is 5.95 Å². The normalized spacial score (nSPS) is 18.5. The van der Waals surface area contributed by atoms with Crippen molar-refractivity contribution in [2.75, 3.05) is 39.5 Å². The number of hydrogen-bond donors (Lipinski definition) is 3. The minimum absolute atomic E-state index is 0.00746. The van der Waals surface area contributed by atoms with Crippen molar-refractivity contribution in [3.63, 3.8) is 0 Å². The number of fused-ring (bicyclic) bond motifs is 2. The van der Waals surface area contributed by atoms with Crippen molar-refractivity contribution in [3.05, 3.63) is 96.5 Å². The molecule has 11 heteroatoms. The van der Waals surface area contributed by atoms with E-state index in [1.165, 1.54) is 3.97 Å². The number of nitrogens with zero attached hydrogens (tertiary/aromatic N) is 5. The van der Waals surface area contributed by atoms with E-state index < -0.39 is 10.0 Å². The van der Waals surface area contributed by atoms with Crippen LogP contribution in [-0.4, -0.2) is 77.6 Å². The van der Waals surface area contributed by atoms with Gasteiger partial charge in [0.1, 0.15) is 0 Å². The van der Waals surface area contributed by atoms with Gasteiger partial charge in [0.05, 0.1) is 16.1 Å². The number of benzene rings is 2. The lowest BCUT2D eigenvalue weighted by Gasteiger charge is -2.41. The number of allylic oxidation sites excluding steroid dienone is 1. The lowest BCUT2D eigenvalue weighted by Crippen LogP contribution is -2.59. The standard InChI is InChI=1S/C35H42N8O2S/c1-7-37-35(19-21-41(4)5)18-16-25(22-31(35)36-3)38-34-39-32(29-23-42(6)30-11-9-8-10-27(29)30)28-17-20-43(33(28)40-34)46(44,45)26-14-12-24(2)13-15-26/h8-18,20,22-23,31,36-37H,7,19,21H2,1-6H3,(H,38,39,40). The molecule has 0 saturated heterocycles. The number of rotatable bonds is 11. The average molecular weight is 639 g/mol. The first kappa shape index (κ1) is 31.7. The minimum atomic E-state index is -3.93. The molecule has 0 saturated carbocycles. The summed E-state index contributed by atoms with van der Waals surface area (Å²) in [6.45, 7) is 5.80. The molecular formula is C35H42N8O2S. The van der Waals surface area contributed by atoms with Crippen molar-refractivity contribution in [2.45, 2.75) is 36.7 Å². The summed E-state index contributed by atoms with van der Waals surface area (Å²) in [5.41, 5.74) is 4.44. The van der Waals surface area contributed by atoms with Crippen LogP contribution in [0.3, 0.4) is 0 Å². The Morgan fingerprint density at radius 1 is 1.02 bits per heavy atom. The highest BCUT2D eigenvalue weighted by atomic mass is 32.2. The van der Waals surface area contributed by atoms with Crippen molar-refractivity contribution in [1.29, 1.82) is 0 Å². The fourth-order valence-corrected chi connectivity index (χ4v) is 7.61. The quantitative estimate of drug-likeness (QED) is 0.188. The zero-order valence-corrected chi connectivity index (χ0v) is 28.1. The molecule has 3 aromatic heterocycles. The molecule has 0 amide bonds. The zero-order chi connectivity index (χ0) is 32.6. The molecule has 0 spiro atoms. The summed E-state index contributed by atoms with van der Waals surface area (Å²) in [6, 6.07) is 16.8. The van der Waals surface area contributed by atoms with E-state index in [1.54, 1.807) is 36.5 Å². The number of aryl methyl sites for hydroxylation is 2. The maximum Gasteiger partial charge on any atom is 0.269 e. The third-order valence-corrected chi connectivity index (χ3v) is 10.4. The monoisotopic (exact) mass is 638 g/mol. The van der Waals surface area contributed by atoms with E-state index in [1.807, 2.05) is 39.3 Å². The van der Waals surface area contributed by atoms with E-state index in [0.717, 1.165) is 47.2 Å². The van der Waals surface area contributed by atoms with Crippen LogP contribution >= 0.6 is 0 Å². The summed E-state index contributed by atoms with van der Waals surface area (Å²) < 4.78 is 31.2. The van der Waals surface area contributed by atoms with Crippen LogP contribution < -0.4 is 16.0 Å². The fourth-order valence-electron chi connectivity index (χ4n) is 6.31. The van der Waals surface area contributed by atoms with Crippen LogP contribution in [0.4, 0.5) is 5.95 Å². The molecule has 2 atom stereocenters. The molecule has 0 fully saturated rings. The van der Waals surface area contributed by atoms with Crippen molar-refractivity contribution < 1.29 is 8.42 Å². The molecule has 0 radical (unpaired) electrons. The maximum absolute atomic E-state index is 13.9. The second-order valence-electron chi connectivity index (χ2n) is 12.2.